The van der Waals surface area contributed by atoms with Crippen molar-refractivity contribution in [3.05, 3.63) is 59.2 Å². The van der Waals surface area contributed by atoms with Crippen LogP contribution in [0.25, 0.3) is 0 Å². The zero-order chi connectivity index (χ0) is 18.4. The molecule has 0 aliphatic rings. The number of carbonyl (C=O) groups is 1. The number of nitrogens with zero attached hydrogens (tertiary/aromatic N) is 2. The lowest BCUT2D eigenvalue weighted by atomic mass is 10.1. The topological polar surface area (TPSA) is 62.6 Å². The summed E-state index contributed by atoms with van der Waals surface area (Å²) in [6.45, 7) is -2.83. The lowest BCUT2D eigenvalue weighted by molar-refractivity contribution is -0.0516. The number of halogens is 2. The van der Waals surface area contributed by atoms with Crippen LogP contribution in [0.2, 0.25) is 0 Å². The molecule has 0 aliphatic carbocycles. The predicted octanol–water partition coefficient (Wildman–Crippen LogP) is 3.44. The number of hydrogen-bond acceptors (Lipinski definition) is 4. The summed E-state index contributed by atoms with van der Waals surface area (Å²) in [6, 6.07) is 13.1. The van der Waals surface area contributed by atoms with Crippen molar-refractivity contribution >= 4 is 5.91 Å². The molecule has 0 atom stereocenters. The molecule has 7 heteroatoms. The Kier molecular flexibility index (Phi) is 5.90. The molecule has 5 nitrogen and oxygen atoms in total. The summed E-state index contributed by atoms with van der Waals surface area (Å²) >= 11 is 0. The molecule has 0 heterocycles. The van der Waals surface area contributed by atoms with Gasteiger partial charge in [0.15, 0.2) is 11.5 Å². The highest BCUT2D eigenvalue weighted by Crippen LogP contribution is 2.33. The first-order valence-electron chi connectivity index (χ1n) is 7.32. The van der Waals surface area contributed by atoms with E-state index in [1.807, 2.05) is 6.07 Å². The van der Waals surface area contributed by atoms with E-state index in [0.717, 1.165) is 5.56 Å². The molecule has 130 valence electrons. The van der Waals surface area contributed by atoms with Crippen LogP contribution in [0.1, 0.15) is 21.5 Å². The van der Waals surface area contributed by atoms with Crippen molar-refractivity contribution in [2.24, 2.45) is 0 Å². The number of para-hydroxylation sites is 1. The van der Waals surface area contributed by atoms with E-state index < -0.39 is 12.5 Å². The molecule has 0 aliphatic heterocycles. The highest BCUT2D eigenvalue weighted by molar-refractivity contribution is 5.97. The quantitative estimate of drug-likeness (QED) is 0.804. The normalized spacial score (nSPS) is 10.2. The van der Waals surface area contributed by atoms with E-state index in [4.69, 9.17) is 10.00 Å². The van der Waals surface area contributed by atoms with E-state index in [0.29, 0.717) is 5.56 Å². The van der Waals surface area contributed by atoms with E-state index in [-0.39, 0.29) is 23.6 Å². The maximum absolute atomic E-state index is 12.7. The Labute approximate surface area is 144 Å². The van der Waals surface area contributed by atoms with E-state index in [1.54, 1.807) is 31.3 Å². The van der Waals surface area contributed by atoms with Gasteiger partial charge in [0.25, 0.3) is 5.91 Å². The van der Waals surface area contributed by atoms with Gasteiger partial charge in [0, 0.05) is 13.6 Å². The molecule has 2 rings (SSSR count). The summed E-state index contributed by atoms with van der Waals surface area (Å²) in [4.78, 5) is 14.0. The van der Waals surface area contributed by atoms with Gasteiger partial charge in [0.2, 0.25) is 0 Å². The molecule has 2 aromatic carbocycles. The fourth-order valence-electron chi connectivity index (χ4n) is 2.29. The number of methoxy groups -OCH3 is 1. The average Bonchev–Trinajstić information content (AvgIpc) is 2.61. The van der Waals surface area contributed by atoms with Gasteiger partial charge in [-0.05, 0) is 29.8 Å². The van der Waals surface area contributed by atoms with Crippen molar-refractivity contribution < 1.29 is 23.0 Å². The Bertz CT molecular complexity index is 786. The van der Waals surface area contributed by atoms with Crippen molar-refractivity contribution in [2.45, 2.75) is 13.2 Å². The molecule has 2 aromatic rings. The number of benzene rings is 2. The number of rotatable bonds is 6. The minimum absolute atomic E-state index is 0.0178. The number of hydrogen-bond donors (Lipinski definition) is 0. The van der Waals surface area contributed by atoms with Crippen LogP contribution >= 0.6 is 0 Å². The van der Waals surface area contributed by atoms with Crippen LogP contribution in [0.3, 0.4) is 0 Å². The van der Waals surface area contributed by atoms with E-state index in [2.05, 4.69) is 4.74 Å². The second-order valence-electron chi connectivity index (χ2n) is 5.19. The molecule has 0 saturated carbocycles. The van der Waals surface area contributed by atoms with Gasteiger partial charge in [-0.3, -0.25) is 4.79 Å². The SMILES string of the molecule is COc1cccc(C(=O)N(C)Cc2ccc(C#N)cc2)c1OC(F)F. The van der Waals surface area contributed by atoms with Crippen LogP contribution in [0.4, 0.5) is 8.78 Å². The number of alkyl halides is 2. The van der Waals surface area contributed by atoms with Gasteiger partial charge in [-0.15, -0.1) is 0 Å². The zero-order valence-electron chi connectivity index (χ0n) is 13.7. The summed E-state index contributed by atoms with van der Waals surface area (Å²) in [6.07, 6.45) is 0. The van der Waals surface area contributed by atoms with Crippen molar-refractivity contribution in [1.29, 1.82) is 5.26 Å². The lowest BCUT2D eigenvalue weighted by Gasteiger charge is -2.20. The van der Waals surface area contributed by atoms with E-state index >= 15 is 0 Å². The fourth-order valence-corrected chi connectivity index (χ4v) is 2.29. The third kappa shape index (κ3) is 4.44. The molecule has 0 fully saturated rings. The summed E-state index contributed by atoms with van der Waals surface area (Å²) in [5.41, 5.74) is 1.29. The highest BCUT2D eigenvalue weighted by atomic mass is 19.3. The van der Waals surface area contributed by atoms with Crippen LogP contribution < -0.4 is 9.47 Å². The van der Waals surface area contributed by atoms with E-state index in [1.165, 1.54) is 30.2 Å². The van der Waals surface area contributed by atoms with Crippen LogP contribution in [0.15, 0.2) is 42.5 Å². The first-order valence-corrected chi connectivity index (χ1v) is 7.32. The largest absolute Gasteiger partial charge is 0.493 e. The van der Waals surface area contributed by atoms with Gasteiger partial charge < -0.3 is 14.4 Å². The lowest BCUT2D eigenvalue weighted by Crippen LogP contribution is -2.27. The Hall–Kier alpha value is -3.14. The van der Waals surface area contributed by atoms with Gasteiger partial charge in [0.05, 0.1) is 24.3 Å². The monoisotopic (exact) mass is 346 g/mol. The average molecular weight is 346 g/mol. The molecule has 0 saturated heterocycles. The second kappa shape index (κ2) is 8.11. The third-order valence-electron chi connectivity index (χ3n) is 3.49. The van der Waals surface area contributed by atoms with Crippen molar-refractivity contribution in [3.8, 4) is 17.6 Å². The molecule has 0 spiro atoms. The standard InChI is InChI=1S/C18H16F2N2O3/c1-22(11-13-8-6-12(10-21)7-9-13)17(23)14-4-3-5-15(24-2)16(14)25-18(19)20/h3-9,18H,11H2,1-2H3. The summed E-state index contributed by atoms with van der Waals surface area (Å²) < 4.78 is 34.8. The first-order chi connectivity index (χ1) is 12.0. The maximum atomic E-state index is 12.7. The van der Waals surface area contributed by atoms with Gasteiger partial charge >= 0.3 is 6.61 Å². The smallest absolute Gasteiger partial charge is 0.387 e. The fraction of sp³-hybridized carbons (Fsp3) is 0.222. The Balaban J connectivity index is 2.25. The van der Waals surface area contributed by atoms with Crippen molar-refractivity contribution in [3.63, 3.8) is 0 Å². The molecule has 0 unspecified atom stereocenters. The second-order valence-corrected chi connectivity index (χ2v) is 5.19. The predicted molar refractivity (Wildman–Crippen MR) is 86.6 cm³/mol. The molecule has 1 amide bonds. The number of carbonyl (C=O) groups excluding carboxylic acids is 1. The first kappa shape index (κ1) is 18.2. The maximum Gasteiger partial charge on any atom is 0.387 e. The molecular formula is C18H16F2N2O3. The van der Waals surface area contributed by atoms with Crippen molar-refractivity contribution in [1.82, 2.24) is 4.90 Å². The summed E-state index contributed by atoms with van der Waals surface area (Å²) in [5, 5.41) is 8.80. The molecule has 0 aromatic heterocycles. The number of amides is 1. The van der Waals surface area contributed by atoms with Crippen LogP contribution in [0.5, 0.6) is 11.5 Å². The molecule has 0 radical (unpaired) electrons. The summed E-state index contributed by atoms with van der Waals surface area (Å²) in [5.74, 6) is -0.728. The van der Waals surface area contributed by atoms with Gasteiger partial charge in [0.1, 0.15) is 0 Å². The zero-order valence-corrected chi connectivity index (χ0v) is 13.7. The van der Waals surface area contributed by atoms with E-state index in [9.17, 15) is 13.6 Å². The molecular weight excluding hydrogens is 330 g/mol. The molecule has 0 bridgehead atoms. The van der Waals surface area contributed by atoms with Gasteiger partial charge in [-0.1, -0.05) is 18.2 Å². The Morgan fingerprint density at radius 1 is 1.24 bits per heavy atom. The van der Waals surface area contributed by atoms with Gasteiger partial charge in [-0.2, -0.15) is 14.0 Å². The van der Waals surface area contributed by atoms with Gasteiger partial charge in [-0.25, -0.2) is 0 Å². The van der Waals surface area contributed by atoms with Crippen LogP contribution in [0, 0.1) is 11.3 Å². The minimum Gasteiger partial charge on any atom is -0.493 e. The third-order valence-corrected chi connectivity index (χ3v) is 3.49. The van der Waals surface area contributed by atoms with Crippen LogP contribution in [-0.2, 0) is 6.54 Å². The minimum atomic E-state index is -3.08. The Morgan fingerprint density at radius 2 is 1.92 bits per heavy atom. The highest BCUT2D eigenvalue weighted by Gasteiger charge is 2.22. The van der Waals surface area contributed by atoms with Crippen LogP contribution in [-0.4, -0.2) is 31.6 Å². The van der Waals surface area contributed by atoms with Crippen molar-refractivity contribution in [2.75, 3.05) is 14.2 Å². The molecule has 0 N–H and O–H groups in total. The number of nitriles is 1. The summed E-state index contributed by atoms with van der Waals surface area (Å²) in [7, 11) is 2.86. The Morgan fingerprint density at radius 3 is 2.48 bits per heavy atom. The molecule has 25 heavy (non-hydrogen) atoms. The number of ether oxygens (including phenoxy) is 2.